The van der Waals surface area contributed by atoms with Crippen molar-refractivity contribution in [2.24, 2.45) is 11.6 Å². The molecule has 0 saturated heterocycles. The van der Waals surface area contributed by atoms with Crippen molar-refractivity contribution in [3.8, 4) is 5.75 Å². The van der Waals surface area contributed by atoms with Gasteiger partial charge in [0.25, 0.3) is 0 Å². The summed E-state index contributed by atoms with van der Waals surface area (Å²) in [6.45, 7) is -0.304. The minimum absolute atomic E-state index is 0. The number of aryl methyl sites for hydroxylation is 2. The van der Waals surface area contributed by atoms with Gasteiger partial charge in [-0.1, -0.05) is 38.5 Å². The van der Waals surface area contributed by atoms with Crippen molar-refractivity contribution in [2.75, 3.05) is 39.3 Å². The second kappa shape index (κ2) is 23.4. The van der Waals surface area contributed by atoms with Crippen LogP contribution in [0.5, 0.6) is 5.75 Å². The Morgan fingerprint density at radius 3 is 2.37 bits per heavy atom. The lowest BCUT2D eigenvalue weighted by molar-refractivity contribution is -0.140. The van der Waals surface area contributed by atoms with Crippen LogP contribution in [0.25, 0.3) is 0 Å². The van der Waals surface area contributed by atoms with E-state index in [9.17, 15) is 29.1 Å². The summed E-state index contributed by atoms with van der Waals surface area (Å²) in [5, 5.41) is 18.1. The molecule has 12 nitrogen and oxygen atoms in total. The lowest BCUT2D eigenvalue weighted by Gasteiger charge is -2.29. The Kier molecular flexibility index (Phi) is 18.5. The largest absolute Gasteiger partial charge is 0.508 e. The number of nitrogens with one attached hydrogen (secondary N) is 3. The van der Waals surface area contributed by atoms with Crippen LogP contribution in [0.15, 0.2) is 12.1 Å². The number of phenols is 1. The van der Waals surface area contributed by atoms with Gasteiger partial charge in [-0.3, -0.25) is 24.0 Å². The lowest BCUT2D eigenvalue weighted by atomic mass is 9.84. The van der Waals surface area contributed by atoms with E-state index >= 15 is 0 Å². The van der Waals surface area contributed by atoms with Crippen LogP contribution < -0.4 is 21.7 Å². The number of rotatable bonds is 21. The minimum atomic E-state index is -1.12. The van der Waals surface area contributed by atoms with E-state index in [4.69, 9.17) is 4.15 Å². The van der Waals surface area contributed by atoms with Crippen LogP contribution in [-0.4, -0.2) is 97.0 Å². The number of hydrogen-bond acceptors (Lipinski definition) is 9. The van der Waals surface area contributed by atoms with Crippen LogP contribution in [0.1, 0.15) is 90.1 Å². The Balaban J connectivity index is 0.0000135. The normalized spacial score (nSPS) is 15.6. The fourth-order valence-corrected chi connectivity index (χ4v) is 6.37. The Hall–Kier alpha value is -3.03. The molecule has 3 atom stereocenters. The smallest absolute Gasteiger partial charge is 0.305 e. The average molecular weight is 731 g/mol. The first kappa shape index (κ1) is 38.8. The number of ether oxygens (including phenoxy) is 1. The topological polar surface area (TPSA) is 180 Å². The molecule has 0 radical (unpaired) electrons. The van der Waals surface area contributed by atoms with E-state index in [0.717, 1.165) is 38.5 Å². The second-order valence-electron chi connectivity index (χ2n) is 12.6. The highest BCUT2D eigenvalue weighted by Crippen LogP contribution is 2.28. The van der Waals surface area contributed by atoms with E-state index in [1.54, 1.807) is 11.9 Å². The molecule has 1 aliphatic carbocycles. The molecule has 1 aliphatic rings. The molecule has 1 aromatic rings. The number of carbonyl (C=O) groups excluding carboxylic acids is 5. The third-order valence-corrected chi connectivity index (χ3v) is 9.36. The van der Waals surface area contributed by atoms with Crippen molar-refractivity contribution in [1.82, 2.24) is 20.9 Å². The monoisotopic (exact) mass is 730 g/mol. The summed E-state index contributed by atoms with van der Waals surface area (Å²) >= 11 is 1.48. The van der Waals surface area contributed by atoms with Crippen molar-refractivity contribution < 1.29 is 38.0 Å². The number of likely N-dealkylation sites (N-methyl/N-ethyl adjacent to an activating group) is 1. The third-order valence-electron chi connectivity index (χ3n) is 8.72. The van der Waals surface area contributed by atoms with E-state index in [2.05, 4.69) is 26.4 Å². The Morgan fingerprint density at radius 1 is 1.06 bits per heavy atom. The number of esters is 1. The highest BCUT2D eigenvalue weighted by molar-refractivity contribution is 7.98. The zero-order valence-electron chi connectivity index (χ0n) is 32.1. The van der Waals surface area contributed by atoms with Gasteiger partial charge in [-0.25, -0.2) is 0 Å². The van der Waals surface area contributed by atoms with Crippen molar-refractivity contribution in [2.45, 2.75) is 109 Å². The molecule has 1 fully saturated rings. The number of unbranched alkanes of at least 4 members (excludes halogenated alkanes) is 2. The van der Waals surface area contributed by atoms with Gasteiger partial charge in [0.1, 0.15) is 19.2 Å². The molecule has 0 bridgehead atoms. The quantitative estimate of drug-likeness (QED) is 0.0937. The molecule has 0 unspecified atom stereocenters. The summed E-state index contributed by atoms with van der Waals surface area (Å²) in [5.74, 6) is -1.47. The van der Waals surface area contributed by atoms with Crippen LogP contribution in [-0.2, 0) is 35.1 Å². The predicted molar refractivity (Wildman–Crippen MR) is 196 cm³/mol. The number of phenolic OH excluding ortho intramolecular Hbond substituents is 1. The number of benzene rings is 1. The van der Waals surface area contributed by atoms with E-state index in [0.29, 0.717) is 60.6 Å². The Bertz CT molecular complexity index is 1270. The SMILES string of the molecule is Cl.[2H]Cc1cc(O)cc(C[2H])c1C[C@H](N[2H])C(=O)N[C@@H](CCSC)C(=O)NCC(=O)N[C@@H](CC1CCCCC1)C(=O)N(C)CCCCCC(=O)OC. The van der Waals surface area contributed by atoms with Gasteiger partial charge in [0, 0.05) is 22.8 Å². The Morgan fingerprint density at radius 2 is 1.76 bits per heavy atom. The number of hydrogen-bond donors (Lipinski definition) is 5. The summed E-state index contributed by atoms with van der Waals surface area (Å²) in [6.07, 6.45) is 10.3. The number of carbonyl (C=O) groups is 5. The maximum Gasteiger partial charge on any atom is 0.305 e. The molecule has 0 aliphatic heterocycles. The van der Waals surface area contributed by atoms with Gasteiger partial charge in [-0.15, -0.1) is 12.4 Å². The number of methoxy groups -OCH3 is 1. The summed E-state index contributed by atoms with van der Waals surface area (Å²) in [5.41, 5.74) is 3.61. The molecule has 0 spiro atoms. The molecule has 278 valence electrons. The summed E-state index contributed by atoms with van der Waals surface area (Å²) in [4.78, 5) is 66.3. The van der Waals surface area contributed by atoms with Crippen LogP contribution in [0.3, 0.4) is 0 Å². The summed E-state index contributed by atoms with van der Waals surface area (Å²) in [7, 11) is 3.05. The lowest BCUT2D eigenvalue weighted by Crippen LogP contribution is -2.54. The van der Waals surface area contributed by atoms with E-state index in [-0.39, 0.29) is 56.7 Å². The molecular formula is C35H58ClN5O7S. The highest BCUT2D eigenvalue weighted by atomic mass is 35.5. The molecule has 6 N–H and O–H groups in total. The number of nitrogens with zero attached hydrogens (tertiary/aromatic N) is 1. The second-order valence-corrected chi connectivity index (χ2v) is 13.6. The predicted octanol–water partition coefficient (Wildman–Crippen LogP) is 3.30. The molecule has 14 heteroatoms. The van der Waals surface area contributed by atoms with Gasteiger partial charge >= 0.3 is 5.97 Å². The van der Waals surface area contributed by atoms with Crippen LogP contribution in [0, 0.1) is 19.7 Å². The number of nitrogens with two attached hydrogens (primary N) is 1. The number of thioether (sulfide) groups is 1. The van der Waals surface area contributed by atoms with Crippen molar-refractivity contribution in [1.29, 1.82) is 0 Å². The van der Waals surface area contributed by atoms with Crippen molar-refractivity contribution >= 4 is 53.8 Å². The molecule has 2 rings (SSSR count). The standard InChI is InChI=1S/C35H57N5O7S.ClH/c1-23-18-26(41)19-24(2)27(23)21-28(36)33(44)39-29(15-17-48-5)34(45)37-22-31(42)38-30(20-25-12-8-6-9-13-25)35(46)40(3)16-11-7-10-14-32(43)47-4;/h18-19,25,28-30,41H,6-17,20-22,36H2,1-5H3,(H,37,45)(H,38,42)(H,39,44);1H/t28-,29-,30-;/m0./s1/i1D,2D;/hD. The first-order valence-corrected chi connectivity index (χ1v) is 18.1. The molecule has 49 heavy (non-hydrogen) atoms. The third kappa shape index (κ3) is 16.0. The van der Waals surface area contributed by atoms with E-state index in [1.807, 2.05) is 6.26 Å². The summed E-state index contributed by atoms with van der Waals surface area (Å²) < 4.78 is 28.1. The van der Waals surface area contributed by atoms with Gasteiger partial charge in [0.2, 0.25) is 23.6 Å². The molecule has 0 heterocycles. The maximum absolute atomic E-state index is 13.5. The molecule has 1 saturated carbocycles. The maximum atomic E-state index is 13.5. The first-order valence-electron chi connectivity index (χ1n) is 18.7. The van der Waals surface area contributed by atoms with Gasteiger partial charge in [-0.2, -0.15) is 11.8 Å². The minimum Gasteiger partial charge on any atom is -0.508 e. The van der Waals surface area contributed by atoms with Gasteiger partial charge in [0.15, 0.2) is 0 Å². The van der Waals surface area contributed by atoms with E-state index < -0.39 is 42.4 Å². The molecule has 1 aromatic carbocycles. The fourth-order valence-electron chi connectivity index (χ4n) is 5.90. The summed E-state index contributed by atoms with van der Waals surface area (Å²) in [6, 6.07) is -0.0716. The van der Waals surface area contributed by atoms with Crippen molar-refractivity contribution in [3.63, 3.8) is 0 Å². The Labute approximate surface area is 306 Å². The molecular weight excluding hydrogens is 670 g/mol. The molecule has 4 amide bonds. The van der Waals surface area contributed by atoms with Crippen LogP contribution in [0.2, 0.25) is 1.41 Å². The zero-order valence-corrected chi connectivity index (χ0v) is 30.8. The van der Waals surface area contributed by atoms with Gasteiger partial charge in [0.05, 0.1) is 19.7 Å². The number of aromatic hydroxyl groups is 1. The zero-order chi connectivity index (χ0) is 37.8. The van der Waals surface area contributed by atoms with E-state index in [1.165, 1.54) is 31.0 Å². The first-order chi connectivity index (χ1) is 24.5. The van der Waals surface area contributed by atoms with Crippen LogP contribution in [0.4, 0.5) is 0 Å². The average Bonchev–Trinajstić information content (AvgIpc) is 3.13. The van der Waals surface area contributed by atoms with Crippen molar-refractivity contribution in [3.05, 3.63) is 28.8 Å². The fraction of sp³-hybridized carbons (Fsp3) is 0.686. The van der Waals surface area contributed by atoms with Crippen LogP contribution >= 0.6 is 24.2 Å². The number of amides is 4. The molecule has 0 aromatic heterocycles. The highest BCUT2D eigenvalue weighted by Gasteiger charge is 2.29. The van der Waals surface area contributed by atoms with Gasteiger partial charge in [-0.05, 0) is 92.7 Å². The number of halogens is 1. The van der Waals surface area contributed by atoms with Gasteiger partial charge < -0.3 is 36.4 Å².